The van der Waals surface area contributed by atoms with Crippen molar-refractivity contribution in [1.82, 2.24) is 4.90 Å². The Morgan fingerprint density at radius 1 is 1.06 bits per heavy atom. The molecule has 0 bridgehead atoms. The second kappa shape index (κ2) is 11.1. The summed E-state index contributed by atoms with van der Waals surface area (Å²) in [6.45, 7) is 6.47. The quantitative estimate of drug-likeness (QED) is 0.440. The van der Waals surface area contributed by atoms with E-state index in [4.69, 9.17) is 16.3 Å². The number of halogens is 1. The first-order valence-corrected chi connectivity index (χ1v) is 8.30. The molecule has 108 valence electrons. The first-order valence-electron chi connectivity index (χ1n) is 7.76. The highest BCUT2D eigenvalue weighted by Gasteiger charge is 2.18. The van der Waals surface area contributed by atoms with Crippen molar-refractivity contribution in [3.63, 3.8) is 0 Å². The van der Waals surface area contributed by atoms with Crippen LogP contribution in [0, 0.1) is 0 Å². The van der Waals surface area contributed by atoms with E-state index in [2.05, 4.69) is 11.8 Å². The van der Waals surface area contributed by atoms with Gasteiger partial charge in [0.1, 0.15) is 0 Å². The standard InChI is InChI=1S/C15H30ClNO/c1-2-3-4-5-6-7-8-9-10-17-11-12-18-15(13-16)14-17/h15H,2-14H2,1H3. The Hall–Kier alpha value is 0.210. The van der Waals surface area contributed by atoms with Crippen molar-refractivity contribution in [2.75, 3.05) is 32.1 Å². The molecule has 18 heavy (non-hydrogen) atoms. The fourth-order valence-corrected chi connectivity index (χ4v) is 2.73. The summed E-state index contributed by atoms with van der Waals surface area (Å²) in [4.78, 5) is 2.51. The zero-order valence-electron chi connectivity index (χ0n) is 12.0. The van der Waals surface area contributed by atoms with Gasteiger partial charge in [0.25, 0.3) is 0 Å². The van der Waals surface area contributed by atoms with Crippen molar-refractivity contribution >= 4 is 11.6 Å². The SMILES string of the molecule is CCCCCCCCCCN1CCOC(CCl)C1. The molecule has 0 spiro atoms. The van der Waals surface area contributed by atoms with Crippen molar-refractivity contribution in [1.29, 1.82) is 0 Å². The number of unbranched alkanes of at least 4 members (excludes halogenated alkanes) is 7. The minimum absolute atomic E-state index is 0.259. The summed E-state index contributed by atoms with van der Waals surface area (Å²) >= 11 is 5.84. The van der Waals surface area contributed by atoms with E-state index < -0.39 is 0 Å². The first kappa shape index (κ1) is 16.3. The third kappa shape index (κ3) is 7.60. The Kier molecular flexibility index (Phi) is 10.0. The molecule has 1 unspecified atom stereocenters. The Morgan fingerprint density at radius 2 is 1.72 bits per heavy atom. The lowest BCUT2D eigenvalue weighted by atomic mass is 10.1. The highest BCUT2D eigenvalue weighted by Crippen LogP contribution is 2.11. The van der Waals surface area contributed by atoms with Crippen LogP contribution in [0.1, 0.15) is 58.3 Å². The molecule has 1 aliphatic heterocycles. The molecule has 0 aromatic carbocycles. The van der Waals surface area contributed by atoms with Gasteiger partial charge in [0.15, 0.2) is 0 Å². The van der Waals surface area contributed by atoms with Gasteiger partial charge in [-0.15, -0.1) is 11.6 Å². The summed E-state index contributed by atoms with van der Waals surface area (Å²) in [7, 11) is 0. The third-order valence-corrected chi connectivity index (χ3v) is 4.07. The number of hydrogen-bond acceptors (Lipinski definition) is 2. The monoisotopic (exact) mass is 275 g/mol. The summed E-state index contributed by atoms with van der Waals surface area (Å²) < 4.78 is 5.57. The van der Waals surface area contributed by atoms with Crippen LogP contribution in [0.15, 0.2) is 0 Å². The topological polar surface area (TPSA) is 12.5 Å². The van der Waals surface area contributed by atoms with Gasteiger partial charge in [-0.1, -0.05) is 51.9 Å². The van der Waals surface area contributed by atoms with Crippen molar-refractivity contribution < 1.29 is 4.74 Å². The van der Waals surface area contributed by atoms with Gasteiger partial charge >= 0.3 is 0 Å². The highest BCUT2D eigenvalue weighted by molar-refractivity contribution is 6.18. The molecule has 1 rings (SSSR count). The summed E-state index contributed by atoms with van der Waals surface area (Å²) in [5, 5.41) is 0. The van der Waals surface area contributed by atoms with E-state index in [-0.39, 0.29) is 6.10 Å². The molecule has 1 atom stereocenters. The smallest absolute Gasteiger partial charge is 0.0837 e. The molecule has 0 radical (unpaired) electrons. The number of rotatable bonds is 10. The van der Waals surface area contributed by atoms with Crippen LogP contribution in [-0.2, 0) is 4.74 Å². The van der Waals surface area contributed by atoms with Crippen LogP contribution in [0.4, 0.5) is 0 Å². The van der Waals surface area contributed by atoms with Gasteiger partial charge in [0.05, 0.1) is 12.7 Å². The zero-order valence-corrected chi connectivity index (χ0v) is 12.8. The lowest BCUT2D eigenvalue weighted by Crippen LogP contribution is -2.43. The van der Waals surface area contributed by atoms with E-state index in [9.17, 15) is 0 Å². The van der Waals surface area contributed by atoms with Gasteiger partial charge in [0.2, 0.25) is 0 Å². The maximum atomic E-state index is 5.84. The number of nitrogens with zero attached hydrogens (tertiary/aromatic N) is 1. The summed E-state index contributed by atoms with van der Waals surface area (Å²) in [6.07, 6.45) is 11.4. The van der Waals surface area contributed by atoms with E-state index in [0.717, 1.165) is 19.7 Å². The predicted octanol–water partition coefficient (Wildman–Crippen LogP) is 4.07. The van der Waals surface area contributed by atoms with Crippen LogP contribution in [0.3, 0.4) is 0 Å². The predicted molar refractivity (Wildman–Crippen MR) is 79.5 cm³/mol. The molecule has 1 saturated heterocycles. The third-order valence-electron chi connectivity index (χ3n) is 3.72. The first-order chi connectivity index (χ1) is 8.86. The van der Waals surface area contributed by atoms with Crippen molar-refractivity contribution in [3.8, 4) is 0 Å². The summed E-state index contributed by atoms with van der Waals surface area (Å²) in [5.41, 5.74) is 0. The van der Waals surface area contributed by atoms with Crippen LogP contribution in [0.2, 0.25) is 0 Å². The molecule has 0 aliphatic carbocycles. The van der Waals surface area contributed by atoms with Gasteiger partial charge in [-0.25, -0.2) is 0 Å². The molecule has 0 N–H and O–H groups in total. The summed E-state index contributed by atoms with van der Waals surface area (Å²) in [5.74, 6) is 0.633. The number of morpholine rings is 1. The molecule has 0 amide bonds. The average molecular weight is 276 g/mol. The van der Waals surface area contributed by atoms with Crippen LogP contribution in [0.5, 0.6) is 0 Å². The molecule has 1 aliphatic rings. The second-order valence-corrected chi connectivity index (χ2v) is 5.73. The zero-order chi connectivity index (χ0) is 13.1. The maximum absolute atomic E-state index is 5.84. The summed E-state index contributed by atoms with van der Waals surface area (Å²) in [6, 6.07) is 0. The Morgan fingerprint density at radius 3 is 2.39 bits per heavy atom. The molecule has 0 aromatic heterocycles. The molecule has 1 heterocycles. The van der Waals surface area contributed by atoms with Gasteiger partial charge in [-0.05, 0) is 13.0 Å². The molecular formula is C15H30ClNO. The van der Waals surface area contributed by atoms with Crippen LogP contribution >= 0.6 is 11.6 Å². The second-order valence-electron chi connectivity index (χ2n) is 5.42. The lowest BCUT2D eigenvalue weighted by Gasteiger charge is -2.31. The minimum atomic E-state index is 0.259. The van der Waals surface area contributed by atoms with Gasteiger partial charge in [0, 0.05) is 19.0 Å². The van der Waals surface area contributed by atoms with Crippen molar-refractivity contribution in [2.45, 2.75) is 64.4 Å². The fourth-order valence-electron chi connectivity index (χ4n) is 2.55. The number of hydrogen-bond donors (Lipinski definition) is 0. The molecule has 0 saturated carbocycles. The van der Waals surface area contributed by atoms with E-state index in [0.29, 0.717) is 5.88 Å². The molecule has 0 aromatic rings. The Labute approximate surface area is 118 Å². The highest BCUT2D eigenvalue weighted by atomic mass is 35.5. The van der Waals surface area contributed by atoms with Crippen LogP contribution < -0.4 is 0 Å². The minimum Gasteiger partial charge on any atom is -0.374 e. The molecule has 3 heteroatoms. The number of alkyl halides is 1. The largest absolute Gasteiger partial charge is 0.374 e. The molecular weight excluding hydrogens is 246 g/mol. The van der Waals surface area contributed by atoms with E-state index >= 15 is 0 Å². The normalized spacial score (nSPS) is 21.3. The Bertz CT molecular complexity index is 189. The average Bonchev–Trinajstić information content (AvgIpc) is 2.42. The van der Waals surface area contributed by atoms with Gasteiger partial charge < -0.3 is 4.74 Å². The van der Waals surface area contributed by atoms with Gasteiger partial charge in [-0.3, -0.25) is 4.90 Å². The maximum Gasteiger partial charge on any atom is 0.0837 e. The molecule has 2 nitrogen and oxygen atoms in total. The van der Waals surface area contributed by atoms with E-state index in [1.165, 1.54) is 57.9 Å². The Balaban J connectivity index is 1.88. The van der Waals surface area contributed by atoms with Gasteiger partial charge in [-0.2, -0.15) is 0 Å². The van der Waals surface area contributed by atoms with Crippen molar-refractivity contribution in [2.24, 2.45) is 0 Å². The lowest BCUT2D eigenvalue weighted by molar-refractivity contribution is -0.0167. The van der Waals surface area contributed by atoms with Crippen LogP contribution in [-0.4, -0.2) is 43.1 Å². The van der Waals surface area contributed by atoms with E-state index in [1.54, 1.807) is 0 Å². The molecule has 1 fully saturated rings. The fraction of sp³-hybridized carbons (Fsp3) is 1.00. The number of ether oxygens (including phenoxy) is 1. The van der Waals surface area contributed by atoms with Crippen LogP contribution in [0.25, 0.3) is 0 Å². The van der Waals surface area contributed by atoms with E-state index in [1.807, 2.05) is 0 Å². The van der Waals surface area contributed by atoms with Crippen molar-refractivity contribution in [3.05, 3.63) is 0 Å².